The average molecular weight is 541 g/mol. The van der Waals surface area contributed by atoms with Gasteiger partial charge in [-0.15, -0.1) is 0 Å². The van der Waals surface area contributed by atoms with Gasteiger partial charge >= 0.3 is 5.89 Å². The first-order valence-electron chi connectivity index (χ1n) is 12.9. The molecule has 0 amide bonds. The van der Waals surface area contributed by atoms with E-state index in [1.165, 1.54) is 0 Å². The van der Waals surface area contributed by atoms with Crippen LogP contribution in [0.4, 0.5) is 5.69 Å². The van der Waals surface area contributed by atoms with Crippen LogP contribution in [-0.4, -0.2) is 25.3 Å². The normalized spacial score (nSPS) is 15.0. The van der Waals surface area contributed by atoms with E-state index in [-0.39, 0.29) is 6.42 Å². The number of fused-ring (bicyclic) bond motifs is 5. The largest absolute Gasteiger partial charge is 0.748 e. The maximum atomic E-state index is 11.3. The van der Waals surface area contributed by atoms with Gasteiger partial charge in [-0.05, 0) is 58.8 Å². The standard InChI is InChI=1S/C31H28N2O5S/c1-3-21(17-29-32(2)31-25-12-7-6-9-22(25)13-14-27(31)37-29)18-30-33(15-8-16-39(34,35)36)26-19-23-10-4-5-11-24(23)20-28(26)38-30/h4-7,9-14,17-20H,3,8,15-16H2,1-2H3. The summed E-state index contributed by atoms with van der Waals surface area (Å²) in [7, 11) is -2.32. The highest BCUT2D eigenvalue weighted by Crippen LogP contribution is 2.42. The minimum Gasteiger partial charge on any atom is -0.748 e. The summed E-state index contributed by atoms with van der Waals surface area (Å²) in [4.78, 5) is 1.95. The Morgan fingerprint density at radius 2 is 1.72 bits per heavy atom. The van der Waals surface area contributed by atoms with Crippen LogP contribution in [0.5, 0.6) is 5.75 Å². The minimum atomic E-state index is -4.31. The topological polar surface area (TPSA) is 86.7 Å². The highest BCUT2D eigenvalue weighted by Gasteiger charge is 2.27. The number of aryl methyl sites for hydroxylation is 1. The van der Waals surface area contributed by atoms with Gasteiger partial charge in [0.15, 0.2) is 5.75 Å². The Hall–Kier alpha value is -4.14. The van der Waals surface area contributed by atoms with Crippen LogP contribution < -0.4 is 14.2 Å². The van der Waals surface area contributed by atoms with Crippen LogP contribution in [0.15, 0.2) is 94.7 Å². The Labute approximate surface area is 227 Å². The fraction of sp³-hybridized carbons (Fsp3) is 0.194. The lowest BCUT2D eigenvalue weighted by Gasteiger charge is -2.19. The van der Waals surface area contributed by atoms with Crippen molar-refractivity contribution in [3.63, 3.8) is 0 Å². The minimum absolute atomic E-state index is 0.190. The Morgan fingerprint density at radius 3 is 2.46 bits per heavy atom. The number of hydrogen-bond acceptors (Lipinski definition) is 6. The summed E-state index contributed by atoms with van der Waals surface area (Å²) in [5.74, 6) is 1.56. The molecule has 0 spiro atoms. The van der Waals surface area contributed by atoms with Crippen LogP contribution in [0.25, 0.3) is 38.7 Å². The number of allylic oxidation sites excluding steroid dienone is 2. The van der Waals surface area contributed by atoms with Crippen molar-refractivity contribution in [2.75, 3.05) is 17.2 Å². The number of oxazole rings is 1. The molecule has 1 aliphatic rings. The first-order chi connectivity index (χ1) is 18.8. The van der Waals surface area contributed by atoms with Crippen molar-refractivity contribution in [1.82, 2.24) is 0 Å². The zero-order chi connectivity index (χ0) is 27.1. The van der Waals surface area contributed by atoms with Gasteiger partial charge in [0.1, 0.15) is 7.05 Å². The summed E-state index contributed by atoms with van der Waals surface area (Å²) in [6.45, 7) is 2.39. The third-order valence-electron chi connectivity index (χ3n) is 7.14. The molecule has 7 nitrogen and oxygen atoms in total. The van der Waals surface area contributed by atoms with Crippen LogP contribution in [0.1, 0.15) is 25.7 Å². The average Bonchev–Trinajstić information content (AvgIpc) is 3.42. The molecule has 0 aliphatic carbocycles. The predicted molar refractivity (Wildman–Crippen MR) is 152 cm³/mol. The first-order valence-corrected chi connectivity index (χ1v) is 14.5. The van der Waals surface area contributed by atoms with Gasteiger partial charge in [-0.1, -0.05) is 55.5 Å². The van der Waals surface area contributed by atoms with Gasteiger partial charge in [-0.25, -0.2) is 8.42 Å². The molecule has 0 saturated heterocycles. The Balaban J connectivity index is 1.40. The number of anilines is 1. The molecule has 0 radical (unpaired) electrons. The van der Waals surface area contributed by atoms with Crippen molar-refractivity contribution in [2.45, 2.75) is 19.8 Å². The van der Waals surface area contributed by atoms with Gasteiger partial charge < -0.3 is 18.6 Å². The molecule has 5 aromatic rings. The highest BCUT2D eigenvalue weighted by atomic mass is 32.2. The maximum absolute atomic E-state index is 11.3. The van der Waals surface area contributed by atoms with Gasteiger partial charge in [-0.2, -0.15) is 4.57 Å². The summed E-state index contributed by atoms with van der Waals surface area (Å²) in [5.41, 5.74) is 3.66. The summed E-state index contributed by atoms with van der Waals surface area (Å²) in [5, 5.41) is 4.37. The monoisotopic (exact) mass is 540 g/mol. The molecule has 39 heavy (non-hydrogen) atoms. The molecule has 4 aromatic carbocycles. The van der Waals surface area contributed by atoms with Gasteiger partial charge in [0.05, 0.1) is 27.3 Å². The van der Waals surface area contributed by atoms with E-state index in [0.29, 0.717) is 30.5 Å². The van der Waals surface area contributed by atoms with E-state index in [2.05, 4.69) is 29.7 Å². The second-order valence-electron chi connectivity index (χ2n) is 9.72. The number of rotatable bonds is 7. The van der Waals surface area contributed by atoms with Crippen molar-refractivity contribution >= 4 is 54.5 Å². The molecule has 0 fully saturated rings. The van der Waals surface area contributed by atoms with Crippen molar-refractivity contribution in [3.8, 4) is 5.75 Å². The lowest BCUT2D eigenvalue weighted by atomic mass is 10.1. The van der Waals surface area contributed by atoms with Crippen molar-refractivity contribution < 1.29 is 26.7 Å². The quantitative estimate of drug-likeness (QED) is 0.185. The third kappa shape index (κ3) is 4.89. The van der Waals surface area contributed by atoms with Crippen molar-refractivity contribution in [3.05, 3.63) is 96.2 Å². The summed E-state index contributed by atoms with van der Waals surface area (Å²) >= 11 is 0. The molecule has 2 heterocycles. The fourth-order valence-corrected chi connectivity index (χ4v) is 5.65. The molecule has 198 valence electrons. The van der Waals surface area contributed by atoms with Crippen LogP contribution in [0.2, 0.25) is 0 Å². The van der Waals surface area contributed by atoms with Gasteiger partial charge in [-0.3, -0.25) is 0 Å². The lowest BCUT2D eigenvalue weighted by Crippen LogP contribution is -2.29. The van der Waals surface area contributed by atoms with Crippen LogP contribution in [0.3, 0.4) is 0 Å². The lowest BCUT2D eigenvalue weighted by molar-refractivity contribution is -0.651. The molecule has 0 bridgehead atoms. The van der Waals surface area contributed by atoms with Gasteiger partial charge in [0, 0.05) is 18.4 Å². The van der Waals surface area contributed by atoms with Crippen LogP contribution >= 0.6 is 0 Å². The van der Waals surface area contributed by atoms with E-state index in [1.807, 2.05) is 78.7 Å². The molecule has 6 rings (SSSR count). The molecule has 0 atom stereocenters. The number of hydrogen-bond donors (Lipinski definition) is 0. The van der Waals surface area contributed by atoms with Gasteiger partial charge in [0.25, 0.3) is 5.52 Å². The zero-order valence-electron chi connectivity index (χ0n) is 21.8. The predicted octanol–water partition coefficient (Wildman–Crippen LogP) is 6.03. The Morgan fingerprint density at radius 1 is 1.00 bits per heavy atom. The summed E-state index contributed by atoms with van der Waals surface area (Å²) < 4.78 is 48.5. The molecular weight excluding hydrogens is 512 g/mol. The van der Waals surface area contributed by atoms with E-state index < -0.39 is 15.9 Å². The second kappa shape index (κ2) is 9.87. The van der Waals surface area contributed by atoms with E-state index in [1.54, 1.807) is 0 Å². The Bertz CT molecular complexity index is 1900. The number of aromatic nitrogens is 1. The number of ether oxygens (including phenoxy) is 1. The fourth-order valence-electron chi connectivity index (χ4n) is 5.17. The van der Waals surface area contributed by atoms with E-state index in [0.717, 1.165) is 43.9 Å². The molecule has 0 unspecified atom stereocenters. The van der Waals surface area contributed by atoms with Crippen molar-refractivity contribution in [2.24, 2.45) is 7.05 Å². The smallest absolute Gasteiger partial charge is 0.374 e. The van der Waals surface area contributed by atoms with Crippen LogP contribution in [-0.2, 0) is 17.2 Å². The summed E-state index contributed by atoms with van der Waals surface area (Å²) in [6.07, 6.45) is 4.87. The molecule has 8 heteroatoms. The molecule has 0 N–H and O–H groups in total. The van der Waals surface area contributed by atoms with Gasteiger partial charge in [0.2, 0.25) is 11.5 Å². The molecule has 0 saturated carbocycles. The van der Waals surface area contributed by atoms with Crippen LogP contribution in [0, 0.1) is 0 Å². The molecular formula is C31H28N2O5S. The second-order valence-corrected chi connectivity index (χ2v) is 11.2. The number of nitrogens with zero attached hydrogens (tertiary/aromatic N) is 2. The van der Waals surface area contributed by atoms with E-state index >= 15 is 0 Å². The molecule has 1 aliphatic heterocycles. The number of benzene rings is 4. The van der Waals surface area contributed by atoms with Crippen molar-refractivity contribution in [1.29, 1.82) is 0 Å². The highest BCUT2D eigenvalue weighted by molar-refractivity contribution is 7.85. The Kier molecular flexibility index (Phi) is 6.37. The SMILES string of the molecule is CCC(/C=C1\Oc2cc3ccccc3cc2N1CCCS(=O)(=O)[O-])=C\c1oc2ccc3ccccc3c2[n+]1C. The first kappa shape index (κ1) is 25.2. The zero-order valence-corrected chi connectivity index (χ0v) is 22.6. The van der Waals surface area contributed by atoms with E-state index in [4.69, 9.17) is 9.15 Å². The summed E-state index contributed by atoms with van der Waals surface area (Å²) in [6, 6.07) is 24.3. The van der Waals surface area contributed by atoms with E-state index in [9.17, 15) is 13.0 Å². The maximum Gasteiger partial charge on any atom is 0.374 e. The third-order valence-corrected chi connectivity index (χ3v) is 7.93. The molecule has 1 aromatic heterocycles.